The average molecular weight is 555 g/mol. The number of carbonyl (C=O) groups is 2. The maximum atomic E-state index is 14.0. The lowest BCUT2D eigenvalue weighted by Gasteiger charge is -2.26. The molecular weight excluding hydrogens is 528 g/mol. The maximum Gasteiger partial charge on any atom is 0.338 e. The number of para-hydroxylation sites is 1. The lowest BCUT2D eigenvalue weighted by atomic mass is 9.93. The Morgan fingerprint density at radius 2 is 1.70 bits per heavy atom. The van der Waals surface area contributed by atoms with Crippen molar-refractivity contribution in [3.63, 3.8) is 0 Å². The normalized spacial score (nSPS) is 14.8. The SMILES string of the molecule is CCOC(=O)C1=C(c2ccccc2)N=c2s/c(=C\c3ccccc3OC(C)=O)c(=O)n2[C@@H]1c1ccc(OC)cc1. The Kier molecular flexibility index (Phi) is 7.75. The molecule has 5 rings (SSSR count). The number of ether oxygens (including phenoxy) is 3. The van der Waals surface area contributed by atoms with E-state index < -0.39 is 18.0 Å². The fourth-order valence-corrected chi connectivity index (χ4v) is 5.52. The molecule has 4 aromatic rings. The number of hydrogen-bond acceptors (Lipinski definition) is 8. The summed E-state index contributed by atoms with van der Waals surface area (Å²) in [7, 11) is 1.57. The Bertz CT molecular complexity index is 1790. The Balaban J connectivity index is 1.81. The molecule has 1 aliphatic heterocycles. The van der Waals surface area contributed by atoms with Crippen LogP contribution in [0, 0.1) is 0 Å². The summed E-state index contributed by atoms with van der Waals surface area (Å²) in [4.78, 5) is 44.4. The summed E-state index contributed by atoms with van der Waals surface area (Å²) in [5, 5.41) is 0. The number of nitrogens with zero attached hydrogens (tertiary/aromatic N) is 2. The highest BCUT2D eigenvalue weighted by molar-refractivity contribution is 7.07. The number of benzene rings is 3. The highest BCUT2D eigenvalue weighted by atomic mass is 32.1. The van der Waals surface area contributed by atoms with Gasteiger partial charge in [0.05, 0.1) is 35.6 Å². The topological polar surface area (TPSA) is 96.2 Å². The first kappa shape index (κ1) is 26.8. The molecule has 0 unspecified atom stereocenters. The van der Waals surface area contributed by atoms with Gasteiger partial charge in [0.25, 0.3) is 5.56 Å². The molecule has 0 N–H and O–H groups in total. The molecule has 0 bridgehead atoms. The van der Waals surface area contributed by atoms with Crippen LogP contribution in [0.4, 0.5) is 0 Å². The fourth-order valence-electron chi connectivity index (χ4n) is 4.53. The molecule has 202 valence electrons. The molecule has 0 amide bonds. The minimum absolute atomic E-state index is 0.164. The lowest BCUT2D eigenvalue weighted by molar-refractivity contribution is -0.139. The number of rotatable bonds is 7. The van der Waals surface area contributed by atoms with Gasteiger partial charge in [0.1, 0.15) is 11.5 Å². The smallest absolute Gasteiger partial charge is 0.338 e. The van der Waals surface area contributed by atoms with Crippen molar-refractivity contribution in [3.05, 3.63) is 121 Å². The van der Waals surface area contributed by atoms with E-state index in [2.05, 4.69) is 0 Å². The first-order chi connectivity index (χ1) is 19.4. The van der Waals surface area contributed by atoms with Gasteiger partial charge in [-0.15, -0.1) is 0 Å². The predicted molar refractivity (Wildman–Crippen MR) is 152 cm³/mol. The largest absolute Gasteiger partial charge is 0.497 e. The van der Waals surface area contributed by atoms with Crippen molar-refractivity contribution in [1.29, 1.82) is 0 Å². The van der Waals surface area contributed by atoms with Crippen LogP contribution in [0.15, 0.2) is 94.2 Å². The van der Waals surface area contributed by atoms with Crippen LogP contribution < -0.4 is 24.4 Å². The van der Waals surface area contributed by atoms with E-state index in [-0.39, 0.29) is 17.7 Å². The quantitative estimate of drug-likeness (QED) is 0.254. The first-order valence-corrected chi connectivity index (χ1v) is 13.4. The maximum absolute atomic E-state index is 14.0. The zero-order valence-corrected chi connectivity index (χ0v) is 22.9. The standard InChI is InChI=1S/C31H26N2O6S/c1-4-38-30(36)26-27(20-10-6-5-7-11-20)32-31-33(28(26)21-14-16-23(37-3)17-15-21)29(35)25(40-31)18-22-12-8-9-13-24(22)39-19(2)34/h5-18,28H,4H2,1-3H3/b25-18-/t28-/m1/s1. The van der Waals surface area contributed by atoms with E-state index in [0.29, 0.717) is 37.7 Å². The highest BCUT2D eigenvalue weighted by Gasteiger charge is 2.35. The molecule has 2 heterocycles. The van der Waals surface area contributed by atoms with Gasteiger partial charge in [0.15, 0.2) is 4.80 Å². The van der Waals surface area contributed by atoms with Crippen LogP contribution in [0.25, 0.3) is 11.8 Å². The molecular formula is C31H26N2O6S. The summed E-state index contributed by atoms with van der Waals surface area (Å²) in [6.07, 6.45) is 1.67. The van der Waals surface area contributed by atoms with Crippen LogP contribution >= 0.6 is 11.3 Å². The van der Waals surface area contributed by atoms with Crippen LogP contribution in [0.2, 0.25) is 0 Å². The number of carbonyl (C=O) groups excluding carboxylic acids is 2. The highest BCUT2D eigenvalue weighted by Crippen LogP contribution is 2.35. The summed E-state index contributed by atoms with van der Waals surface area (Å²) >= 11 is 1.19. The summed E-state index contributed by atoms with van der Waals surface area (Å²) in [6, 6.07) is 22.7. The van der Waals surface area contributed by atoms with Gasteiger partial charge in [-0.25, -0.2) is 9.79 Å². The molecule has 0 spiro atoms. The molecule has 0 saturated heterocycles. The van der Waals surface area contributed by atoms with E-state index in [4.69, 9.17) is 19.2 Å². The van der Waals surface area contributed by atoms with Crippen molar-refractivity contribution in [2.45, 2.75) is 19.9 Å². The molecule has 1 aliphatic rings. The predicted octanol–water partition coefficient (Wildman–Crippen LogP) is 3.87. The van der Waals surface area contributed by atoms with Gasteiger partial charge in [-0.3, -0.25) is 14.2 Å². The Morgan fingerprint density at radius 1 is 1.00 bits per heavy atom. The minimum atomic E-state index is -0.803. The summed E-state index contributed by atoms with van der Waals surface area (Å²) < 4.78 is 18.1. The zero-order chi connectivity index (χ0) is 28.2. The lowest BCUT2D eigenvalue weighted by Crippen LogP contribution is -2.40. The molecule has 1 atom stereocenters. The van der Waals surface area contributed by atoms with Gasteiger partial charge >= 0.3 is 11.9 Å². The molecule has 1 aromatic heterocycles. The van der Waals surface area contributed by atoms with Crippen molar-refractivity contribution in [2.75, 3.05) is 13.7 Å². The van der Waals surface area contributed by atoms with E-state index in [1.54, 1.807) is 56.5 Å². The number of aromatic nitrogens is 1. The molecule has 8 nitrogen and oxygen atoms in total. The summed E-state index contributed by atoms with van der Waals surface area (Å²) in [5.41, 5.74) is 2.35. The van der Waals surface area contributed by atoms with Gasteiger partial charge in [0.2, 0.25) is 0 Å². The van der Waals surface area contributed by atoms with Crippen LogP contribution in [0.3, 0.4) is 0 Å². The van der Waals surface area contributed by atoms with E-state index >= 15 is 0 Å². The van der Waals surface area contributed by atoms with Gasteiger partial charge < -0.3 is 14.2 Å². The number of methoxy groups -OCH3 is 1. The molecule has 0 fully saturated rings. The number of thiazole rings is 1. The van der Waals surface area contributed by atoms with Crippen molar-refractivity contribution in [1.82, 2.24) is 4.57 Å². The average Bonchev–Trinajstić information content (AvgIpc) is 3.28. The first-order valence-electron chi connectivity index (χ1n) is 12.6. The van der Waals surface area contributed by atoms with Crippen LogP contribution in [0.1, 0.15) is 36.6 Å². The molecule has 0 aliphatic carbocycles. The van der Waals surface area contributed by atoms with Gasteiger partial charge in [-0.05, 0) is 36.8 Å². The third kappa shape index (κ3) is 5.23. The Labute approximate surface area is 234 Å². The summed E-state index contributed by atoms with van der Waals surface area (Å²) in [6.45, 7) is 3.22. The van der Waals surface area contributed by atoms with E-state index in [1.165, 1.54) is 22.8 Å². The van der Waals surface area contributed by atoms with E-state index in [0.717, 1.165) is 5.56 Å². The van der Waals surface area contributed by atoms with Crippen LogP contribution in [-0.4, -0.2) is 30.2 Å². The van der Waals surface area contributed by atoms with Crippen LogP contribution in [0.5, 0.6) is 11.5 Å². The number of hydrogen-bond donors (Lipinski definition) is 0. The van der Waals surface area contributed by atoms with E-state index in [1.807, 2.05) is 42.5 Å². The van der Waals surface area contributed by atoms with Crippen molar-refractivity contribution in [3.8, 4) is 11.5 Å². The monoisotopic (exact) mass is 554 g/mol. The second-order valence-electron chi connectivity index (χ2n) is 8.84. The Hall–Kier alpha value is -4.76. The van der Waals surface area contributed by atoms with Gasteiger partial charge in [-0.1, -0.05) is 72.0 Å². The third-order valence-electron chi connectivity index (χ3n) is 6.26. The molecule has 0 saturated carbocycles. The minimum Gasteiger partial charge on any atom is -0.497 e. The van der Waals surface area contributed by atoms with Crippen molar-refractivity contribution in [2.24, 2.45) is 4.99 Å². The Morgan fingerprint density at radius 3 is 2.38 bits per heavy atom. The van der Waals surface area contributed by atoms with Gasteiger partial charge in [0, 0.05) is 18.1 Å². The zero-order valence-electron chi connectivity index (χ0n) is 22.1. The molecule has 40 heavy (non-hydrogen) atoms. The van der Waals surface area contributed by atoms with Crippen molar-refractivity contribution < 1.29 is 23.8 Å². The second kappa shape index (κ2) is 11.5. The molecule has 9 heteroatoms. The molecule has 0 radical (unpaired) electrons. The van der Waals surface area contributed by atoms with Gasteiger partial charge in [-0.2, -0.15) is 0 Å². The number of fused-ring (bicyclic) bond motifs is 1. The molecule has 3 aromatic carbocycles. The number of esters is 2. The summed E-state index contributed by atoms with van der Waals surface area (Å²) in [5.74, 6) is -0.0401. The van der Waals surface area contributed by atoms with E-state index in [9.17, 15) is 14.4 Å². The fraction of sp³-hybridized carbons (Fsp3) is 0.161. The van der Waals surface area contributed by atoms with Crippen molar-refractivity contribution >= 4 is 35.0 Å². The van der Waals surface area contributed by atoms with Crippen LogP contribution in [-0.2, 0) is 14.3 Å². The third-order valence-corrected chi connectivity index (χ3v) is 7.25. The second-order valence-corrected chi connectivity index (χ2v) is 9.85.